The SMILES string of the molecule is CNCc1cc(S(=O)(=O)N(C)c2cccc(F)c2)cs1. The number of halogens is 1. The zero-order valence-electron chi connectivity index (χ0n) is 11.1. The maximum Gasteiger partial charge on any atom is 0.264 e. The summed E-state index contributed by atoms with van der Waals surface area (Å²) in [5, 5.41) is 4.56. The van der Waals surface area contributed by atoms with Crippen molar-refractivity contribution in [2.24, 2.45) is 0 Å². The average molecular weight is 314 g/mol. The van der Waals surface area contributed by atoms with Crippen LogP contribution in [0.3, 0.4) is 0 Å². The quantitative estimate of drug-likeness (QED) is 0.922. The Morgan fingerprint density at radius 3 is 2.75 bits per heavy atom. The molecule has 2 rings (SSSR count). The number of benzene rings is 1. The number of sulfonamides is 1. The smallest absolute Gasteiger partial charge is 0.264 e. The van der Waals surface area contributed by atoms with Gasteiger partial charge in [-0.25, -0.2) is 12.8 Å². The average Bonchev–Trinajstić information content (AvgIpc) is 2.87. The summed E-state index contributed by atoms with van der Waals surface area (Å²) in [6.45, 7) is 0.615. The maximum atomic E-state index is 13.2. The Labute approximate surface area is 121 Å². The van der Waals surface area contributed by atoms with Gasteiger partial charge in [-0.05, 0) is 31.3 Å². The van der Waals surface area contributed by atoms with Gasteiger partial charge in [0.25, 0.3) is 10.0 Å². The van der Waals surface area contributed by atoms with E-state index in [1.165, 1.54) is 36.6 Å². The van der Waals surface area contributed by atoms with Crippen molar-refractivity contribution in [2.75, 3.05) is 18.4 Å². The number of nitrogens with zero attached hydrogens (tertiary/aromatic N) is 1. The zero-order chi connectivity index (χ0) is 14.8. The lowest BCUT2D eigenvalue weighted by atomic mass is 10.3. The van der Waals surface area contributed by atoms with Crippen LogP contribution in [-0.4, -0.2) is 22.5 Å². The van der Waals surface area contributed by atoms with Crippen LogP contribution in [0.15, 0.2) is 40.6 Å². The van der Waals surface area contributed by atoms with E-state index >= 15 is 0 Å². The van der Waals surface area contributed by atoms with Crippen molar-refractivity contribution in [1.29, 1.82) is 0 Å². The van der Waals surface area contributed by atoms with Crippen LogP contribution < -0.4 is 9.62 Å². The molecule has 0 bridgehead atoms. The van der Waals surface area contributed by atoms with E-state index in [0.29, 0.717) is 12.2 Å². The van der Waals surface area contributed by atoms with E-state index in [0.717, 1.165) is 9.18 Å². The Kier molecular flexibility index (Phi) is 4.42. The van der Waals surface area contributed by atoms with Crippen LogP contribution in [-0.2, 0) is 16.6 Å². The summed E-state index contributed by atoms with van der Waals surface area (Å²) in [4.78, 5) is 1.15. The summed E-state index contributed by atoms with van der Waals surface area (Å²) in [5.41, 5.74) is 0.298. The second-order valence-electron chi connectivity index (χ2n) is 4.23. The van der Waals surface area contributed by atoms with E-state index in [-0.39, 0.29) is 4.90 Å². The lowest BCUT2D eigenvalue weighted by Gasteiger charge is -2.18. The highest BCUT2D eigenvalue weighted by Crippen LogP contribution is 2.26. The van der Waals surface area contributed by atoms with E-state index < -0.39 is 15.8 Å². The molecule has 0 radical (unpaired) electrons. The second-order valence-corrected chi connectivity index (χ2v) is 7.20. The van der Waals surface area contributed by atoms with Gasteiger partial charge in [0.1, 0.15) is 5.82 Å². The van der Waals surface area contributed by atoms with Gasteiger partial charge in [-0.2, -0.15) is 0 Å². The molecule has 1 heterocycles. The van der Waals surface area contributed by atoms with E-state index in [1.807, 2.05) is 0 Å². The number of hydrogen-bond acceptors (Lipinski definition) is 4. The minimum atomic E-state index is -3.66. The van der Waals surface area contributed by atoms with Gasteiger partial charge in [-0.3, -0.25) is 4.31 Å². The van der Waals surface area contributed by atoms with Crippen molar-refractivity contribution in [3.8, 4) is 0 Å². The normalized spacial score (nSPS) is 11.6. The van der Waals surface area contributed by atoms with E-state index in [9.17, 15) is 12.8 Å². The lowest BCUT2D eigenvalue weighted by molar-refractivity contribution is 0.594. The Bertz CT molecular complexity index is 698. The highest BCUT2D eigenvalue weighted by molar-refractivity contribution is 7.93. The van der Waals surface area contributed by atoms with Gasteiger partial charge >= 0.3 is 0 Å². The first-order valence-corrected chi connectivity index (χ1v) is 8.23. The molecule has 0 aliphatic heterocycles. The first-order valence-electron chi connectivity index (χ1n) is 5.91. The van der Waals surface area contributed by atoms with Crippen molar-refractivity contribution in [2.45, 2.75) is 11.4 Å². The summed E-state index contributed by atoms with van der Waals surface area (Å²) in [6, 6.07) is 7.14. The zero-order valence-corrected chi connectivity index (χ0v) is 12.8. The summed E-state index contributed by atoms with van der Waals surface area (Å²) in [5.74, 6) is -0.467. The summed E-state index contributed by atoms with van der Waals surface area (Å²) >= 11 is 1.37. The molecule has 4 nitrogen and oxygen atoms in total. The molecule has 20 heavy (non-hydrogen) atoms. The van der Waals surface area contributed by atoms with Crippen LogP contribution in [0.4, 0.5) is 10.1 Å². The third-order valence-corrected chi connectivity index (χ3v) is 5.66. The van der Waals surface area contributed by atoms with Gasteiger partial charge in [0, 0.05) is 23.8 Å². The number of rotatable bonds is 5. The van der Waals surface area contributed by atoms with Crippen molar-refractivity contribution in [3.05, 3.63) is 46.4 Å². The predicted molar refractivity (Wildman–Crippen MR) is 79.1 cm³/mol. The molecular formula is C13H15FN2O2S2. The van der Waals surface area contributed by atoms with Crippen molar-refractivity contribution in [3.63, 3.8) is 0 Å². The van der Waals surface area contributed by atoms with Crippen molar-refractivity contribution in [1.82, 2.24) is 5.32 Å². The molecule has 108 valence electrons. The molecule has 0 amide bonds. The molecule has 2 aromatic rings. The topological polar surface area (TPSA) is 49.4 Å². The van der Waals surface area contributed by atoms with Gasteiger partial charge < -0.3 is 5.32 Å². The highest BCUT2D eigenvalue weighted by atomic mass is 32.2. The molecule has 0 aliphatic rings. The monoisotopic (exact) mass is 314 g/mol. The van der Waals surface area contributed by atoms with Crippen LogP contribution in [0, 0.1) is 5.82 Å². The summed E-state index contributed by atoms with van der Waals surface area (Å²) in [7, 11) is -0.442. The standard InChI is InChI=1S/C13H15FN2O2S2/c1-15-8-12-7-13(9-19-12)20(17,18)16(2)11-5-3-4-10(14)6-11/h3-7,9,15H,8H2,1-2H3. The van der Waals surface area contributed by atoms with Crippen LogP contribution >= 0.6 is 11.3 Å². The fourth-order valence-electron chi connectivity index (χ4n) is 1.73. The second kappa shape index (κ2) is 5.90. The predicted octanol–water partition coefficient (Wildman–Crippen LogP) is 2.43. The highest BCUT2D eigenvalue weighted by Gasteiger charge is 2.22. The fourth-order valence-corrected chi connectivity index (χ4v) is 4.19. The van der Waals surface area contributed by atoms with Gasteiger partial charge in [0.2, 0.25) is 0 Å². The molecule has 0 fully saturated rings. The Balaban J connectivity index is 2.33. The van der Waals surface area contributed by atoms with Crippen LogP contribution in [0.25, 0.3) is 0 Å². The van der Waals surface area contributed by atoms with Crippen LogP contribution in [0.1, 0.15) is 4.88 Å². The fraction of sp³-hybridized carbons (Fsp3) is 0.231. The van der Waals surface area contributed by atoms with Gasteiger partial charge in [-0.15, -0.1) is 11.3 Å². The molecule has 7 heteroatoms. The number of anilines is 1. The molecule has 1 N–H and O–H groups in total. The molecule has 0 spiro atoms. The number of thiophene rings is 1. The third kappa shape index (κ3) is 3.00. The first kappa shape index (κ1) is 15.0. The van der Waals surface area contributed by atoms with Crippen LogP contribution in [0.5, 0.6) is 0 Å². The molecule has 1 aromatic carbocycles. The van der Waals surface area contributed by atoms with Gasteiger partial charge in [-0.1, -0.05) is 6.07 Å². The maximum absolute atomic E-state index is 13.2. The molecule has 0 saturated carbocycles. The minimum Gasteiger partial charge on any atom is -0.315 e. The Morgan fingerprint density at radius 2 is 2.10 bits per heavy atom. The Hall–Kier alpha value is -1.44. The van der Waals surface area contributed by atoms with E-state index in [4.69, 9.17) is 0 Å². The summed E-state index contributed by atoms with van der Waals surface area (Å²) in [6.07, 6.45) is 0. The van der Waals surface area contributed by atoms with Crippen molar-refractivity contribution < 1.29 is 12.8 Å². The Morgan fingerprint density at radius 1 is 1.35 bits per heavy atom. The molecule has 1 aromatic heterocycles. The molecular weight excluding hydrogens is 299 g/mol. The summed E-state index contributed by atoms with van der Waals surface area (Å²) < 4.78 is 39.2. The first-order chi connectivity index (χ1) is 9.45. The molecule has 0 unspecified atom stereocenters. The number of hydrogen-bond donors (Lipinski definition) is 1. The lowest BCUT2D eigenvalue weighted by Crippen LogP contribution is -2.26. The largest absolute Gasteiger partial charge is 0.315 e. The van der Waals surface area contributed by atoms with E-state index in [1.54, 1.807) is 24.6 Å². The van der Waals surface area contributed by atoms with Crippen LogP contribution in [0.2, 0.25) is 0 Å². The van der Waals surface area contributed by atoms with Gasteiger partial charge in [0.15, 0.2) is 0 Å². The molecule has 0 atom stereocenters. The molecule has 0 aliphatic carbocycles. The minimum absolute atomic E-state index is 0.222. The molecule has 0 saturated heterocycles. The van der Waals surface area contributed by atoms with E-state index in [2.05, 4.69) is 5.32 Å². The third-order valence-electron chi connectivity index (χ3n) is 2.81. The van der Waals surface area contributed by atoms with Gasteiger partial charge in [0.05, 0.1) is 10.6 Å². The number of nitrogens with one attached hydrogen (secondary N) is 1. The van der Waals surface area contributed by atoms with Crippen molar-refractivity contribution >= 4 is 27.0 Å².